The molecule has 0 aromatic rings. The van der Waals surface area contributed by atoms with Crippen molar-refractivity contribution < 1.29 is 49.3 Å². The molecule has 0 spiro atoms. The van der Waals surface area contributed by atoms with E-state index in [1.54, 1.807) is 13.8 Å². The molecule has 0 bridgehead atoms. The van der Waals surface area contributed by atoms with E-state index < -0.39 is 60.5 Å². The first-order valence-electron chi connectivity index (χ1n) is 18.7. The molecule has 3 saturated heterocycles. The first-order valence-corrected chi connectivity index (χ1v) is 18.7. The van der Waals surface area contributed by atoms with Gasteiger partial charge in [0.05, 0.1) is 48.3 Å². The first kappa shape index (κ1) is 37.6. The van der Waals surface area contributed by atoms with Crippen LogP contribution in [0.2, 0.25) is 0 Å². The maximum Gasteiger partial charge on any atom is 0.217 e. The van der Waals surface area contributed by atoms with Gasteiger partial charge in [0.15, 0.2) is 6.29 Å². The van der Waals surface area contributed by atoms with Crippen LogP contribution in [0.25, 0.3) is 0 Å². The molecule has 3 aliphatic carbocycles. The lowest BCUT2D eigenvalue weighted by Crippen LogP contribution is -2.66. The van der Waals surface area contributed by atoms with Gasteiger partial charge in [0.1, 0.15) is 24.4 Å². The second-order valence-corrected chi connectivity index (χ2v) is 18.3. The van der Waals surface area contributed by atoms with Crippen molar-refractivity contribution in [1.82, 2.24) is 5.32 Å². The van der Waals surface area contributed by atoms with Gasteiger partial charge in [0, 0.05) is 12.3 Å². The van der Waals surface area contributed by atoms with Crippen LogP contribution in [-0.2, 0) is 23.7 Å². The van der Waals surface area contributed by atoms with E-state index in [-0.39, 0.29) is 40.7 Å². The number of aliphatic hydroxyl groups is 5. The summed E-state index contributed by atoms with van der Waals surface area (Å²) in [6.07, 6.45) is 4.35. The average molecular weight is 694 g/mol. The highest BCUT2D eigenvalue weighted by molar-refractivity contribution is 5.73. The number of carbonyl (C=O) groups excluding carboxylic acids is 1. The zero-order valence-corrected chi connectivity index (χ0v) is 30.9. The summed E-state index contributed by atoms with van der Waals surface area (Å²) in [4.78, 5) is 12.0. The Kier molecular flexibility index (Phi) is 10.0. The van der Waals surface area contributed by atoms with Crippen LogP contribution in [0.15, 0.2) is 11.6 Å². The number of allylic oxidation sites excluding steroid dienone is 1. The quantitative estimate of drug-likeness (QED) is 0.218. The van der Waals surface area contributed by atoms with Gasteiger partial charge >= 0.3 is 0 Å². The molecule has 49 heavy (non-hydrogen) atoms. The Morgan fingerprint density at radius 3 is 2.29 bits per heavy atom. The number of hydrogen-bond donors (Lipinski definition) is 6. The predicted octanol–water partition coefficient (Wildman–Crippen LogP) is 3.12. The van der Waals surface area contributed by atoms with Crippen LogP contribution in [0.4, 0.5) is 0 Å². The third-order valence-corrected chi connectivity index (χ3v) is 13.9. The van der Waals surface area contributed by atoms with Crippen LogP contribution in [-0.4, -0.2) is 110 Å². The molecule has 15 atom stereocenters. The third kappa shape index (κ3) is 6.56. The number of fused-ring (bicyclic) bond motifs is 4. The lowest BCUT2D eigenvalue weighted by Gasteiger charge is -2.60. The fraction of sp³-hybridized carbons (Fsp3) is 0.921. The minimum absolute atomic E-state index is 0.0109. The molecule has 5 fully saturated rings. The van der Waals surface area contributed by atoms with E-state index in [0.29, 0.717) is 18.3 Å². The monoisotopic (exact) mass is 693 g/mol. The molecule has 280 valence electrons. The van der Waals surface area contributed by atoms with Crippen LogP contribution in [0, 0.1) is 28.1 Å². The summed E-state index contributed by atoms with van der Waals surface area (Å²) in [6, 6.07) is -1.01. The van der Waals surface area contributed by atoms with Crippen molar-refractivity contribution in [1.29, 1.82) is 0 Å². The molecule has 11 heteroatoms. The molecule has 0 unspecified atom stereocenters. The lowest BCUT2D eigenvalue weighted by molar-refractivity contribution is -0.315. The number of aliphatic hydroxyl groups excluding tert-OH is 4. The number of rotatable bonds is 7. The molecule has 6 N–H and O–H groups in total. The molecular weight excluding hydrogens is 630 g/mol. The molecule has 6 rings (SSSR count). The van der Waals surface area contributed by atoms with Crippen molar-refractivity contribution >= 4 is 5.91 Å². The minimum atomic E-state index is -1.38. The number of carbonyl (C=O) groups is 1. The summed E-state index contributed by atoms with van der Waals surface area (Å²) in [5.41, 5.74) is -0.619. The first-order chi connectivity index (χ1) is 22.7. The number of nitrogens with one attached hydrogen (secondary N) is 1. The Morgan fingerprint density at radius 2 is 1.63 bits per heavy atom. The van der Waals surface area contributed by atoms with E-state index >= 15 is 0 Å². The van der Waals surface area contributed by atoms with Crippen molar-refractivity contribution in [3.05, 3.63) is 11.6 Å². The fourth-order valence-electron chi connectivity index (χ4n) is 11.3. The number of ether oxygens (including phenoxy) is 4. The molecule has 11 nitrogen and oxygen atoms in total. The molecule has 2 saturated carbocycles. The van der Waals surface area contributed by atoms with Crippen molar-refractivity contribution in [3.8, 4) is 0 Å². The maximum atomic E-state index is 12.0. The van der Waals surface area contributed by atoms with E-state index in [2.05, 4.69) is 32.2 Å². The fourth-order valence-corrected chi connectivity index (χ4v) is 11.3. The largest absolute Gasteiger partial charge is 0.394 e. The number of amides is 1. The summed E-state index contributed by atoms with van der Waals surface area (Å²) >= 11 is 0. The van der Waals surface area contributed by atoms with Crippen LogP contribution >= 0.6 is 0 Å². The summed E-state index contributed by atoms with van der Waals surface area (Å²) in [5.74, 6) is 0.433. The van der Waals surface area contributed by atoms with E-state index in [0.717, 1.165) is 51.4 Å². The summed E-state index contributed by atoms with van der Waals surface area (Å²) in [5, 5.41) is 56.0. The van der Waals surface area contributed by atoms with Gasteiger partial charge in [-0.05, 0) is 108 Å². The minimum Gasteiger partial charge on any atom is -0.394 e. The van der Waals surface area contributed by atoms with Crippen LogP contribution < -0.4 is 5.32 Å². The molecule has 0 aromatic carbocycles. The van der Waals surface area contributed by atoms with Gasteiger partial charge in [0.25, 0.3) is 0 Å². The third-order valence-electron chi connectivity index (χ3n) is 13.9. The Hall–Kier alpha value is -1.15. The van der Waals surface area contributed by atoms with E-state index in [1.807, 2.05) is 13.8 Å². The smallest absolute Gasteiger partial charge is 0.217 e. The average Bonchev–Trinajstić information content (AvgIpc) is 3.36. The summed E-state index contributed by atoms with van der Waals surface area (Å²) in [7, 11) is 0. The van der Waals surface area contributed by atoms with Crippen LogP contribution in [0.1, 0.15) is 113 Å². The lowest BCUT2D eigenvalue weighted by atomic mass is 9.50. The summed E-state index contributed by atoms with van der Waals surface area (Å²) in [6.45, 7) is 15.3. The van der Waals surface area contributed by atoms with Crippen molar-refractivity contribution in [3.63, 3.8) is 0 Å². The highest BCUT2D eigenvalue weighted by Crippen LogP contribution is 2.67. The SMILES string of the molecule is CC(=O)N[C@H]1[C@@H](OC(C)(C)[C@@H]2CC[C@]3(C)C=C([C@@H]4CC[C@@H]5[C@]4(C)C[C@H](O)[C@H]4O[C@@H](C(C)(C)O)CC[C@]54C)CC[C@@H]3O2)O[C@@H](CO)[C@@H](O)[C@@H]1O. The standard InChI is InChI=1S/C38H63NO10/c1-20(41)39-29-31(44)30(43)24(19-40)46-33(29)49-35(4,5)27-13-15-36(6)17-21(9-12-28(36)47-27)22-10-11-25-37(7)16-14-26(34(2,3)45)48-32(37)23(42)18-38(22,25)8/h17,22-33,40,42-45H,9-16,18-19H2,1-8H3,(H,39,41)/t22-,23-,24-,25-,26+,27-,28-,29+,30+,31+,32+,33+,36+,37+,38+/m0/s1. The maximum absolute atomic E-state index is 12.0. The Bertz CT molecular complexity index is 1270. The van der Waals surface area contributed by atoms with Crippen molar-refractivity contribution in [2.24, 2.45) is 28.1 Å². The highest BCUT2D eigenvalue weighted by Gasteiger charge is 2.65. The van der Waals surface area contributed by atoms with E-state index in [4.69, 9.17) is 18.9 Å². The van der Waals surface area contributed by atoms with Gasteiger partial charge in [-0.2, -0.15) is 0 Å². The zero-order valence-electron chi connectivity index (χ0n) is 30.9. The van der Waals surface area contributed by atoms with Crippen molar-refractivity contribution in [2.75, 3.05) is 6.61 Å². The Labute approximate surface area is 292 Å². The second-order valence-electron chi connectivity index (χ2n) is 18.3. The van der Waals surface area contributed by atoms with Gasteiger partial charge in [-0.1, -0.05) is 32.4 Å². The Morgan fingerprint density at radius 1 is 0.939 bits per heavy atom. The topological polar surface area (TPSA) is 167 Å². The van der Waals surface area contributed by atoms with Crippen molar-refractivity contribution in [2.45, 2.75) is 186 Å². The van der Waals surface area contributed by atoms with E-state index in [9.17, 15) is 30.3 Å². The number of hydrogen-bond acceptors (Lipinski definition) is 10. The van der Waals surface area contributed by atoms with Crippen LogP contribution in [0.5, 0.6) is 0 Å². The molecule has 1 amide bonds. The molecule has 3 heterocycles. The van der Waals surface area contributed by atoms with Gasteiger partial charge in [-0.15, -0.1) is 0 Å². The normalized spacial score (nSPS) is 49.0. The second kappa shape index (κ2) is 13.1. The molecule has 6 aliphatic rings. The van der Waals surface area contributed by atoms with Gasteiger partial charge in [-0.3, -0.25) is 4.79 Å². The molecule has 3 aliphatic heterocycles. The highest BCUT2D eigenvalue weighted by atomic mass is 16.7. The van der Waals surface area contributed by atoms with Crippen LogP contribution in [0.3, 0.4) is 0 Å². The molecule has 0 radical (unpaired) electrons. The molecule has 0 aromatic heterocycles. The van der Waals surface area contributed by atoms with Gasteiger partial charge < -0.3 is 49.8 Å². The Balaban J connectivity index is 1.15. The van der Waals surface area contributed by atoms with E-state index in [1.165, 1.54) is 12.5 Å². The predicted molar refractivity (Wildman–Crippen MR) is 181 cm³/mol. The van der Waals surface area contributed by atoms with Gasteiger partial charge in [-0.25, -0.2) is 0 Å². The molecular formula is C38H63NO10. The summed E-state index contributed by atoms with van der Waals surface area (Å²) < 4.78 is 25.7. The zero-order chi connectivity index (χ0) is 35.9. The van der Waals surface area contributed by atoms with Gasteiger partial charge in [0.2, 0.25) is 5.91 Å².